The highest BCUT2D eigenvalue weighted by Crippen LogP contribution is 2.20. The van der Waals surface area contributed by atoms with Crippen molar-refractivity contribution < 1.29 is 9.90 Å². The second kappa shape index (κ2) is 6.97. The molecule has 0 radical (unpaired) electrons. The van der Waals surface area contributed by atoms with Crippen molar-refractivity contribution in [2.45, 2.75) is 52.0 Å². The van der Waals surface area contributed by atoms with Gasteiger partial charge >= 0.3 is 0 Å². The SMILES string of the molecule is CC(C)(CCCO)CNC(=O)CC1CCCN1. The highest BCUT2D eigenvalue weighted by Gasteiger charge is 2.21. The molecule has 1 aliphatic rings. The van der Waals surface area contributed by atoms with Gasteiger partial charge in [0.05, 0.1) is 0 Å². The third kappa shape index (κ3) is 6.03. The Morgan fingerprint density at radius 3 is 2.88 bits per heavy atom. The Kier molecular flexibility index (Phi) is 5.92. The van der Waals surface area contributed by atoms with E-state index >= 15 is 0 Å². The third-order valence-corrected chi connectivity index (χ3v) is 3.37. The minimum absolute atomic E-state index is 0.0709. The van der Waals surface area contributed by atoms with Crippen molar-refractivity contribution in [3.8, 4) is 0 Å². The molecule has 100 valence electrons. The maximum atomic E-state index is 11.7. The lowest BCUT2D eigenvalue weighted by Gasteiger charge is -2.25. The molecule has 3 N–H and O–H groups in total. The molecule has 17 heavy (non-hydrogen) atoms. The molecule has 1 fully saturated rings. The predicted molar refractivity (Wildman–Crippen MR) is 68.8 cm³/mol. The second-order valence-electron chi connectivity index (χ2n) is 5.77. The quantitative estimate of drug-likeness (QED) is 0.625. The van der Waals surface area contributed by atoms with Crippen LogP contribution in [0.25, 0.3) is 0 Å². The Hall–Kier alpha value is -0.610. The summed E-state index contributed by atoms with van der Waals surface area (Å²) in [5.74, 6) is 0.140. The zero-order chi connectivity index (χ0) is 12.7. The molecular weight excluding hydrogens is 216 g/mol. The molecule has 1 amide bonds. The number of aliphatic hydroxyl groups excluding tert-OH is 1. The van der Waals surface area contributed by atoms with Gasteiger partial charge in [0.2, 0.25) is 5.91 Å². The van der Waals surface area contributed by atoms with Crippen LogP contribution < -0.4 is 10.6 Å². The normalized spacial score (nSPS) is 20.5. The van der Waals surface area contributed by atoms with E-state index in [0.717, 1.165) is 25.8 Å². The van der Waals surface area contributed by atoms with Crippen LogP contribution in [0.1, 0.15) is 46.0 Å². The molecule has 1 unspecified atom stereocenters. The van der Waals surface area contributed by atoms with Crippen LogP contribution in [-0.4, -0.2) is 36.8 Å². The average molecular weight is 242 g/mol. The van der Waals surface area contributed by atoms with Gasteiger partial charge in [-0.2, -0.15) is 0 Å². The summed E-state index contributed by atoms with van der Waals surface area (Å²) in [7, 11) is 0. The summed E-state index contributed by atoms with van der Waals surface area (Å²) >= 11 is 0. The van der Waals surface area contributed by atoms with Gasteiger partial charge in [0, 0.05) is 25.6 Å². The van der Waals surface area contributed by atoms with Gasteiger partial charge in [-0.25, -0.2) is 0 Å². The zero-order valence-electron chi connectivity index (χ0n) is 11.1. The second-order valence-corrected chi connectivity index (χ2v) is 5.77. The first-order valence-corrected chi connectivity index (χ1v) is 6.64. The van der Waals surface area contributed by atoms with Gasteiger partial charge < -0.3 is 15.7 Å². The molecule has 0 aliphatic carbocycles. The topological polar surface area (TPSA) is 61.4 Å². The molecule has 1 atom stereocenters. The molecule has 4 nitrogen and oxygen atoms in total. The first-order chi connectivity index (χ1) is 8.03. The van der Waals surface area contributed by atoms with E-state index in [1.54, 1.807) is 0 Å². The molecule has 4 heteroatoms. The number of rotatable bonds is 7. The van der Waals surface area contributed by atoms with Crippen LogP contribution in [0.2, 0.25) is 0 Å². The molecular formula is C13H26N2O2. The first kappa shape index (κ1) is 14.5. The smallest absolute Gasteiger partial charge is 0.221 e. The summed E-state index contributed by atoms with van der Waals surface area (Å²) in [6.45, 7) is 6.20. The minimum Gasteiger partial charge on any atom is -0.396 e. The highest BCUT2D eigenvalue weighted by atomic mass is 16.2. The fraction of sp³-hybridized carbons (Fsp3) is 0.923. The Balaban J connectivity index is 2.17. The molecule has 1 saturated heterocycles. The molecule has 0 aromatic heterocycles. The van der Waals surface area contributed by atoms with E-state index in [1.165, 1.54) is 6.42 Å². The number of carbonyl (C=O) groups excluding carboxylic acids is 1. The highest BCUT2D eigenvalue weighted by molar-refractivity contribution is 5.76. The summed E-state index contributed by atoms with van der Waals surface area (Å²) in [5, 5.41) is 15.1. The van der Waals surface area contributed by atoms with Crippen LogP contribution >= 0.6 is 0 Å². The van der Waals surface area contributed by atoms with E-state index in [2.05, 4.69) is 24.5 Å². The largest absolute Gasteiger partial charge is 0.396 e. The monoisotopic (exact) mass is 242 g/mol. The van der Waals surface area contributed by atoms with Crippen LogP contribution in [0, 0.1) is 5.41 Å². The maximum Gasteiger partial charge on any atom is 0.221 e. The number of aliphatic hydroxyl groups is 1. The summed E-state index contributed by atoms with van der Waals surface area (Å²) in [6.07, 6.45) is 4.62. The van der Waals surface area contributed by atoms with Crippen molar-refractivity contribution in [2.75, 3.05) is 19.7 Å². The van der Waals surface area contributed by atoms with Crippen molar-refractivity contribution >= 4 is 5.91 Å². The van der Waals surface area contributed by atoms with Crippen LogP contribution in [0.3, 0.4) is 0 Å². The van der Waals surface area contributed by atoms with Crippen molar-refractivity contribution in [1.29, 1.82) is 0 Å². The van der Waals surface area contributed by atoms with Gasteiger partial charge in [0.1, 0.15) is 0 Å². The summed E-state index contributed by atoms with van der Waals surface area (Å²) in [5.41, 5.74) is 0.0709. The lowest BCUT2D eigenvalue weighted by Crippen LogP contribution is -2.37. The number of carbonyl (C=O) groups is 1. The van der Waals surface area contributed by atoms with Crippen LogP contribution in [0.15, 0.2) is 0 Å². The van der Waals surface area contributed by atoms with E-state index in [0.29, 0.717) is 19.0 Å². The van der Waals surface area contributed by atoms with Gasteiger partial charge in [0.15, 0.2) is 0 Å². The predicted octanol–water partition coefficient (Wildman–Crippen LogP) is 1.04. The molecule has 1 heterocycles. The van der Waals surface area contributed by atoms with Gasteiger partial charge in [0.25, 0.3) is 0 Å². The third-order valence-electron chi connectivity index (χ3n) is 3.37. The van der Waals surface area contributed by atoms with Crippen molar-refractivity contribution in [3.63, 3.8) is 0 Å². The van der Waals surface area contributed by atoms with Crippen LogP contribution in [-0.2, 0) is 4.79 Å². The number of amides is 1. The van der Waals surface area contributed by atoms with E-state index in [1.807, 2.05) is 0 Å². The molecule has 0 bridgehead atoms. The fourth-order valence-electron chi connectivity index (χ4n) is 2.21. The van der Waals surface area contributed by atoms with E-state index in [-0.39, 0.29) is 17.9 Å². The van der Waals surface area contributed by atoms with E-state index < -0.39 is 0 Å². The van der Waals surface area contributed by atoms with Gasteiger partial charge in [-0.3, -0.25) is 4.79 Å². The molecule has 0 saturated carbocycles. The van der Waals surface area contributed by atoms with Crippen molar-refractivity contribution in [2.24, 2.45) is 5.41 Å². The molecule has 0 aromatic carbocycles. The van der Waals surface area contributed by atoms with Crippen molar-refractivity contribution in [3.05, 3.63) is 0 Å². The molecule has 0 aromatic rings. The van der Waals surface area contributed by atoms with Crippen LogP contribution in [0.4, 0.5) is 0 Å². The molecule has 1 aliphatic heterocycles. The summed E-state index contributed by atoms with van der Waals surface area (Å²) in [6, 6.07) is 0.371. The average Bonchev–Trinajstić information content (AvgIpc) is 2.77. The zero-order valence-corrected chi connectivity index (χ0v) is 11.1. The lowest BCUT2D eigenvalue weighted by molar-refractivity contribution is -0.122. The van der Waals surface area contributed by atoms with E-state index in [9.17, 15) is 4.79 Å². The lowest BCUT2D eigenvalue weighted by atomic mass is 9.88. The minimum atomic E-state index is 0.0709. The summed E-state index contributed by atoms with van der Waals surface area (Å²) in [4.78, 5) is 11.7. The van der Waals surface area contributed by atoms with Crippen LogP contribution in [0.5, 0.6) is 0 Å². The number of nitrogens with one attached hydrogen (secondary N) is 2. The Labute approximate surface area is 104 Å². The van der Waals surface area contributed by atoms with Gasteiger partial charge in [-0.15, -0.1) is 0 Å². The summed E-state index contributed by atoms with van der Waals surface area (Å²) < 4.78 is 0. The van der Waals surface area contributed by atoms with E-state index in [4.69, 9.17) is 5.11 Å². The number of hydrogen-bond acceptors (Lipinski definition) is 3. The Morgan fingerprint density at radius 1 is 1.53 bits per heavy atom. The first-order valence-electron chi connectivity index (χ1n) is 6.64. The Morgan fingerprint density at radius 2 is 2.29 bits per heavy atom. The standard InChI is InChI=1S/C13H26N2O2/c1-13(2,6-4-8-16)10-15-12(17)9-11-5-3-7-14-11/h11,14,16H,3-10H2,1-2H3,(H,15,17). The fourth-order valence-corrected chi connectivity index (χ4v) is 2.21. The maximum absolute atomic E-state index is 11.7. The number of hydrogen-bond donors (Lipinski definition) is 3. The molecule has 0 spiro atoms. The van der Waals surface area contributed by atoms with Crippen molar-refractivity contribution in [1.82, 2.24) is 10.6 Å². The van der Waals surface area contributed by atoms with Gasteiger partial charge in [-0.1, -0.05) is 13.8 Å². The Bertz CT molecular complexity index is 236. The molecule has 1 rings (SSSR count). The van der Waals surface area contributed by atoms with Gasteiger partial charge in [-0.05, 0) is 37.6 Å².